The van der Waals surface area contributed by atoms with Crippen molar-refractivity contribution in [2.24, 2.45) is 5.10 Å². The molecule has 0 rings (SSSR count). The Morgan fingerprint density at radius 3 is 2.57 bits per heavy atom. The summed E-state index contributed by atoms with van der Waals surface area (Å²) in [4.78, 5) is 0. The van der Waals surface area contributed by atoms with E-state index >= 15 is 0 Å². The number of hydrogen-bond donors (Lipinski definition) is 0. The smallest absolute Gasteiger partial charge is 0.0780 e. The Morgan fingerprint density at radius 2 is 2.43 bits per heavy atom. The van der Waals surface area contributed by atoms with E-state index in [0.717, 1.165) is 0 Å². The van der Waals surface area contributed by atoms with Crippen LogP contribution in [0.4, 0.5) is 0 Å². The van der Waals surface area contributed by atoms with Gasteiger partial charge in [0.1, 0.15) is 0 Å². The van der Waals surface area contributed by atoms with Crippen LogP contribution in [-0.2, 0) is 0 Å². The number of rotatable bonds is 2. The SMILES string of the molecule is C=C/C=N\N(C)I. The highest BCUT2D eigenvalue weighted by Crippen LogP contribution is 1.89. The maximum atomic E-state index is 3.82. The first-order valence-electron chi connectivity index (χ1n) is 1.82. The number of allylic oxidation sites excluding steroid dienone is 1. The quantitative estimate of drug-likeness (QED) is 0.291. The highest BCUT2D eigenvalue weighted by atomic mass is 127. The molecule has 0 radical (unpaired) electrons. The van der Waals surface area contributed by atoms with E-state index in [1.807, 2.05) is 7.05 Å². The predicted octanol–water partition coefficient (Wildman–Crippen LogP) is 1.44. The summed E-state index contributed by atoms with van der Waals surface area (Å²) in [6.45, 7) is 3.45. The molecule has 0 fully saturated rings. The Labute approximate surface area is 57.4 Å². The first kappa shape index (κ1) is 6.94. The highest BCUT2D eigenvalue weighted by molar-refractivity contribution is 14.1. The second-order valence-corrected chi connectivity index (χ2v) is 2.34. The largest absolute Gasteiger partial charge is 0.240 e. The van der Waals surface area contributed by atoms with E-state index in [0.29, 0.717) is 0 Å². The van der Waals surface area contributed by atoms with Crippen LogP contribution in [0.3, 0.4) is 0 Å². The van der Waals surface area contributed by atoms with E-state index in [9.17, 15) is 0 Å². The molecule has 40 valence electrons. The zero-order chi connectivity index (χ0) is 5.70. The Morgan fingerprint density at radius 1 is 1.86 bits per heavy atom. The lowest BCUT2D eigenvalue weighted by atomic mass is 10.7. The maximum absolute atomic E-state index is 3.82. The fraction of sp³-hybridized carbons (Fsp3) is 0.250. The molecule has 0 aliphatic heterocycles. The molecule has 0 aliphatic carbocycles. The first-order chi connectivity index (χ1) is 3.27. The van der Waals surface area contributed by atoms with Gasteiger partial charge in [-0.25, -0.2) is 3.22 Å². The lowest BCUT2D eigenvalue weighted by Gasteiger charge is -1.95. The molecule has 0 aliphatic rings. The van der Waals surface area contributed by atoms with Crippen LogP contribution in [0.25, 0.3) is 0 Å². The summed E-state index contributed by atoms with van der Waals surface area (Å²) in [5.41, 5.74) is 0. The van der Waals surface area contributed by atoms with Gasteiger partial charge < -0.3 is 0 Å². The van der Waals surface area contributed by atoms with Crippen molar-refractivity contribution in [2.75, 3.05) is 7.05 Å². The van der Waals surface area contributed by atoms with Crippen LogP contribution in [0.5, 0.6) is 0 Å². The molecule has 0 N–H and O–H groups in total. The van der Waals surface area contributed by atoms with Crippen LogP contribution in [0.2, 0.25) is 0 Å². The lowest BCUT2D eigenvalue weighted by Crippen LogP contribution is -1.89. The van der Waals surface area contributed by atoms with Crippen molar-refractivity contribution in [2.45, 2.75) is 0 Å². The zero-order valence-electron chi connectivity index (χ0n) is 4.13. The van der Waals surface area contributed by atoms with Crippen molar-refractivity contribution in [3.8, 4) is 0 Å². The number of hydrogen-bond acceptors (Lipinski definition) is 2. The third kappa shape index (κ3) is 5.94. The second-order valence-electron chi connectivity index (χ2n) is 0.945. The molecule has 0 amide bonds. The predicted molar refractivity (Wildman–Crippen MR) is 40.5 cm³/mol. The summed E-state index contributed by atoms with van der Waals surface area (Å²) in [7, 11) is 1.85. The standard InChI is InChI=1S/C4H7IN2/c1-3-4-6-7(2)5/h3-4H,1H2,2H3/b6-4-. The molecule has 0 bridgehead atoms. The van der Waals surface area contributed by atoms with Gasteiger partial charge in [-0.2, -0.15) is 5.10 Å². The average Bonchev–Trinajstić information content (AvgIpc) is 1.61. The van der Waals surface area contributed by atoms with Crippen LogP contribution < -0.4 is 0 Å². The topological polar surface area (TPSA) is 15.6 Å². The van der Waals surface area contributed by atoms with E-state index in [1.165, 1.54) is 0 Å². The molecule has 0 spiro atoms. The molecule has 0 heterocycles. The molecule has 0 saturated carbocycles. The van der Waals surface area contributed by atoms with Crippen molar-refractivity contribution in [1.29, 1.82) is 0 Å². The Hall–Kier alpha value is -0.0600. The van der Waals surface area contributed by atoms with Gasteiger partial charge >= 0.3 is 0 Å². The van der Waals surface area contributed by atoms with E-state index in [-0.39, 0.29) is 0 Å². The summed E-state index contributed by atoms with van der Waals surface area (Å²) < 4.78 is 1.68. The van der Waals surface area contributed by atoms with E-state index in [2.05, 4.69) is 34.5 Å². The van der Waals surface area contributed by atoms with E-state index < -0.39 is 0 Å². The van der Waals surface area contributed by atoms with Crippen LogP contribution >= 0.6 is 22.9 Å². The van der Waals surface area contributed by atoms with Crippen molar-refractivity contribution < 1.29 is 0 Å². The lowest BCUT2D eigenvalue weighted by molar-refractivity contribution is 0.671. The van der Waals surface area contributed by atoms with Crippen molar-refractivity contribution in [3.05, 3.63) is 12.7 Å². The molecule has 2 nitrogen and oxygen atoms in total. The maximum Gasteiger partial charge on any atom is 0.0780 e. The van der Waals surface area contributed by atoms with Gasteiger partial charge in [-0.15, -0.1) is 0 Å². The Balaban J connectivity index is 3.25. The van der Waals surface area contributed by atoms with E-state index in [1.54, 1.807) is 15.5 Å². The average molecular weight is 210 g/mol. The molecule has 0 atom stereocenters. The number of nitrogens with zero attached hydrogens (tertiary/aromatic N) is 2. The van der Waals surface area contributed by atoms with Crippen molar-refractivity contribution >= 4 is 29.1 Å². The fourth-order valence-electron chi connectivity index (χ4n) is 0.139. The summed E-state index contributed by atoms with van der Waals surface area (Å²) in [6, 6.07) is 0. The molecular formula is C4H7IN2. The van der Waals surface area contributed by atoms with Gasteiger partial charge in [0.2, 0.25) is 0 Å². The monoisotopic (exact) mass is 210 g/mol. The summed E-state index contributed by atoms with van der Waals surface area (Å²) in [5, 5.41) is 3.82. The minimum atomic E-state index is 1.63. The Bertz CT molecular complexity index is 77.8. The van der Waals surface area contributed by atoms with Gasteiger partial charge in [0.05, 0.1) is 22.9 Å². The normalized spacial score (nSPS) is 9.43. The van der Waals surface area contributed by atoms with Gasteiger partial charge in [0.25, 0.3) is 0 Å². The molecule has 0 saturated heterocycles. The van der Waals surface area contributed by atoms with Crippen LogP contribution in [-0.4, -0.2) is 16.5 Å². The minimum Gasteiger partial charge on any atom is -0.240 e. The van der Waals surface area contributed by atoms with Crippen molar-refractivity contribution in [3.63, 3.8) is 0 Å². The van der Waals surface area contributed by atoms with Crippen molar-refractivity contribution in [1.82, 2.24) is 3.22 Å². The van der Waals surface area contributed by atoms with Gasteiger partial charge in [-0.05, 0) is 6.08 Å². The molecule has 0 aromatic carbocycles. The highest BCUT2D eigenvalue weighted by Gasteiger charge is 1.71. The van der Waals surface area contributed by atoms with Gasteiger partial charge in [-0.3, -0.25) is 0 Å². The third-order valence-electron chi connectivity index (χ3n) is 0.331. The molecule has 3 heteroatoms. The molecule has 7 heavy (non-hydrogen) atoms. The molecule has 0 unspecified atom stereocenters. The van der Waals surface area contributed by atoms with Crippen LogP contribution in [0.15, 0.2) is 17.8 Å². The van der Waals surface area contributed by atoms with E-state index in [4.69, 9.17) is 0 Å². The van der Waals surface area contributed by atoms with Gasteiger partial charge in [-0.1, -0.05) is 6.58 Å². The molecule has 0 aromatic rings. The van der Waals surface area contributed by atoms with Crippen LogP contribution in [0.1, 0.15) is 0 Å². The van der Waals surface area contributed by atoms with Gasteiger partial charge in [0, 0.05) is 13.3 Å². The third-order valence-corrected chi connectivity index (χ3v) is 0.580. The summed E-state index contributed by atoms with van der Waals surface area (Å²) in [6.07, 6.45) is 3.27. The number of hydrazone groups is 1. The summed E-state index contributed by atoms with van der Waals surface area (Å²) in [5.74, 6) is 0. The molecule has 0 aromatic heterocycles. The van der Waals surface area contributed by atoms with Gasteiger partial charge in [0.15, 0.2) is 0 Å². The number of halogens is 1. The fourth-order valence-corrected chi connectivity index (χ4v) is 0.283. The summed E-state index contributed by atoms with van der Waals surface area (Å²) >= 11 is 2.05. The molecular weight excluding hydrogens is 203 g/mol. The van der Waals surface area contributed by atoms with Crippen LogP contribution in [0, 0.1) is 0 Å². The first-order valence-corrected chi connectivity index (χ1v) is 2.78. The zero-order valence-corrected chi connectivity index (χ0v) is 6.29. The second kappa shape index (κ2) is 4.11. The minimum absolute atomic E-state index is 1.63. The Kier molecular flexibility index (Phi) is 4.07.